The van der Waals surface area contributed by atoms with Gasteiger partial charge in [-0.15, -0.1) is 0 Å². The van der Waals surface area contributed by atoms with E-state index < -0.39 is 0 Å². The molecule has 0 atom stereocenters. The molecule has 2 nitrogen and oxygen atoms in total. The van der Waals surface area contributed by atoms with Gasteiger partial charge in [0.05, 0.1) is 27.8 Å². The molecule has 0 bridgehead atoms. The van der Waals surface area contributed by atoms with Crippen LogP contribution in [0.4, 0.5) is 0 Å². The zero-order valence-electron chi connectivity index (χ0n) is 30.7. The molecule has 0 fully saturated rings. The largest absolute Gasteiger partial charge is 0.309 e. The van der Waals surface area contributed by atoms with Crippen molar-refractivity contribution in [2.75, 3.05) is 0 Å². The van der Waals surface area contributed by atoms with Gasteiger partial charge >= 0.3 is 0 Å². The smallest absolute Gasteiger partial charge is 0.0541 e. The fraction of sp³-hybridized carbons (Fsp3) is 0. The summed E-state index contributed by atoms with van der Waals surface area (Å²) in [5, 5.41) is 4.98. The SMILES string of the molecule is c1ccc(-c2ccc3c(c2)c2ccccc2n3-c2cccc(-c3ccccc3-n3c4ccc(-c5ccccc5)cc4c4cc(-c5ccccc5)ccc43)c2)cc1. The summed E-state index contributed by atoms with van der Waals surface area (Å²) in [5.74, 6) is 0. The van der Waals surface area contributed by atoms with Crippen LogP contribution in [0, 0.1) is 0 Å². The van der Waals surface area contributed by atoms with E-state index >= 15 is 0 Å². The molecule has 0 radical (unpaired) electrons. The molecular formula is C54H36N2. The normalized spacial score (nSPS) is 11.6. The number of hydrogen-bond acceptors (Lipinski definition) is 0. The third-order valence-electron chi connectivity index (χ3n) is 11.3. The molecule has 2 aromatic heterocycles. The van der Waals surface area contributed by atoms with Crippen LogP contribution in [0.2, 0.25) is 0 Å². The Balaban J connectivity index is 1.10. The van der Waals surface area contributed by atoms with Crippen molar-refractivity contribution in [3.8, 4) is 55.9 Å². The predicted octanol–water partition coefficient (Wildman–Crippen LogP) is 14.5. The van der Waals surface area contributed by atoms with E-state index in [1.807, 2.05) is 0 Å². The fourth-order valence-electron chi connectivity index (χ4n) is 8.69. The van der Waals surface area contributed by atoms with Gasteiger partial charge in [-0.3, -0.25) is 0 Å². The molecule has 0 spiro atoms. The number of nitrogens with zero attached hydrogens (tertiary/aromatic N) is 2. The number of hydrogen-bond donors (Lipinski definition) is 0. The number of aromatic nitrogens is 2. The standard InChI is InChI=1S/C54H36N2/c1-4-15-37(16-5-1)40-27-30-52-47(34-40)46-24-11-13-26-51(46)55(52)44-22-14-21-43(33-44)45-23-10-12-25-50(45)56-53-31-28-41(38-17-6-2-7-18-38)35-48(53)49-36-42(29-32-54(49)56)39-19-8-3-9-20-39/h1-36H. The van der Waals surface area contributed by atoms with Crippen molar-refractivity contribution in [1.82, 2.24) is 9.13 Å². The van der Waals surface area contributed by atoms with Gasteiger partial charge in [0, 0.05) is 32.8 Å². The molecule has 0 saturated carbocycles. The molecule has 9 aromatic carbocycles. The maximum absolute atomic E-state index is 2.46. The summed E-state index contributed by atoms with van der Waals surface area (Å²) in [7, 11) is 0. The third kappa shape index (κ3) is 5.26. The van der Waals surface area contributed by atoms with E-state index in [2.05, 4.69) is 228 Å². The van der Waals surface area contributed by atoms with Crippen LogP contribution >= 0.6 is 0 Å². The van der Waals surface area contributed by atoms with Gasteiger partial charge in [0.1, 0.15) is 0 Å². The van der Waals surface area contributed by atoms with Gasteiger partial charge in [-0.1, -0.05) is 158 Å². The molecule has 11 rings (SSSR count). The summed E-state index contributed by atoms with van der Waals surface area (Å²) in [6.07, 6.45) is 0. The first kappa shape index (κ1) is 32.0. The fourth-order valence-corrected chi connectivity index (χ4v) is 8.69. The van der Waals surface area contributed by atoms with Crippen LogP contribution in [0.3, 0.4) is 0 Å². The lowest BCUT2D eigenvalue weighted by molar-refractivity contribution is 1.17. The highest BCUT2D eigenvalue weighted by Crippen LogP contribution is 2.41. The molecule has 0 N–H and O–H groups in total. The Labute approximate surface area is 325 Å². The highest BCUT2D eigenvalue weighted by Gasteiger charge is 2.19. The molecule has 2 heterocycles. The molecule has 0 amide bonds. The second-order valence-electron chi connectivity index (χ2n) is 14.5. The number of rotatable bonds is 6. The highest BCUT2D eigenvalue weighted by atomic mass is 15.0. The Bertz CT molecular complexity index is 3130. The summed E-state index contributed by atoms with van der Waals surface area (Å²) < 4.78 is 4.88. The molecule has 0 unspecified atom stereocenters. The molecule has 2 heteroatoms. The number of para-hydroxylation sites is 2. The first-order chi connectivity index (χ1) is 27.8. The number of benzene rings is 9. The van der Waals surface area contributed by atoms with Gasteiger partial charge < -0.3 is 9.13 Å². The van der Waals surface area contributed by atoms with Crippen molar-refractivity contribution in [2.45, 2.75) is 0 Å². The molecule has 0 aliphatic carbocycles. The topological polar surface area (TPSA) is 9.86 Å². The van der Waals surface area contributed by atoms with E-state index in [0.29, 0.717) is 0 Å². The molecule has 0 aliphatic rings. The van der Waals surface area contributed by atoms with Crippen LogP contribution < -0.4 is 0 Å². The maximum Gasteiger partial charge on any atom is 0.0541 e. The first-order valence-electron chi connectivity index (χ1n) is 19.3. The van der Waals surface area contributed by atoms with Gasteiger partial charge in [-0.05, 0) is 99.6 Å². The monoisotopic (exact) mass is 712 g/mol. The van der Waals surface area contributed by atoms with Crippen LogP contribution in [0.25, 0.3) is 99.5 Å². The summed E-state index contributed by atoms with van der Waals surface area (Å²) in [4.78, 5) is 0. The maximum atomic E-state index is 2.46. The van der Waals surface area contributed by atoms with Crippen LogP contribution in [0.5, 0.6) is 0 Å². The van der Waals surface area contributed by atoms with E-state index in [9.17, 15) is 0 Å². The Morgan fingerprint density at radius 1 is 0.232 bits per heavy atom. The minimum absolute atomic E-state index is 1.14. The van der Waals surface area contributed by atoms with E-state index in [1.54, 1.807) is 0 Å². The molecule has 56 heavy (non-hydrogen) atoms. The Hall–Kier alpha value is -7.42. The van der Waals surface area contributed by atoms with Crippen molar-refractivity contribution in [3.05, 3.63) is 218 Å². The second kappa shape index (κ2) is 13.2. The molecule has 11 aromatic rings. The summed E-state index contributed by atoms with van der Waals surface area (Å²) in [6.45, 7) is 0. The van der Waals surface area contributed by atoms with Crippen molar-refractivity contribution in [1.29, 1.82) is 0 Å². The molecule has 0 saturated heterocycles. The third-order valence-corrected chi connectivity index (χ3v) is 11.3. The average molecular weight is 713 g/mol. The van der Waals surface area contributed by atoms with Crippen LogP contribution in [-0.4, -0.2) is 9.13 Å². The van der Waals surface area contributed by atoms with Crippen molar-refractivity contribution >= 4 is 43.6 Å². The van der Waals surface area contributed by atoms with Gasteiger partial charge in [0.15, 0.2) is 0 Å². The highest BCUT2D eigenvalue weighted by molar-refractivity contribution is 6.13. The summed E-state index contributed by atoms with van der Waals surface area (Å²) in [6, 6.07) is 79.4. The van der Waals surface area contributed by atoms with E-state index in [4.69, 9.17) is 0 Å². The van der Waals surface area contributed by atoms with Crippen LogP contribution in [-0.2, 0) is 0 Å². The Morgan fingerprint density at radius 2 is 0.661 bits per heavy atom. The lowest BCUT2D eigenvalue weighted by Crippen LogP contribution is -1.98. The lowest BCUT2D eigenvalue weighted by atomic mass is 10.0. The average Bonchev–Trinajstić information content (AvgIpc) is 3.79. The first-order valence-corrected chi connectivity index (χ1v) is 19.3. The number of fused-ring (bicyclic) bond motifs is 6. The summed E-state index contributed by atoms with van der Waals surface area (Å²) >= 11 is 0. The Kier molecular flexibility index (Phi) is 7.53. The lowest BCUT2D eigenvalue weighted by Gasteiger charge is -2.16. The van der Waals surface area contributed by atoms with E-state index in [1.165, 1.54) is 88.1 Å². The van der Waals surface area contributed by atoms with E-state index in [-0.39, 0.29) is 0 Å². The molecule has 262 valence electrons. The minimum Gasteiger partial charge on any atom is -0.309 e. The quantitative estimate of drug-likeness (QED) is 0.162. The van der Waals surface area contributed by atoms with Crippen molar-refractivity contribution < 1.29 is 0 Å². The molecule has 0 aliphatic heterocycles. The van der Waals surface area contributed by atoms with Crippen molar-refractivity contribution in [2.24, 2.45) is 0 Å². The van der Waals surface area contributed by atoms with E-state index in [0.717, 1.165) is 11.4 Å². The Morgan fingerprint density at radius 3 is 1.23 bits per heavy atom. The van der Waals surface area contributed by atoms with Gasteiger partial charge in [-0.25, -0.2) is 0 Å². The second-order valence-corrected chi connectivity index (χ2v) is 14.5. The van der Waals surface area contributed by atoms with Crippen molar-refractivity contribution in [3.63, 3.8) is 0 Å². The van der Waals surface area contributed by atoms with Gasteiger partial charge in [0.25, 0.3) is 0 Å². The minimum atomic E-state index is 1.14. The zero-order chi connectivity index (χ0) is 37.0. The predicted molar refractivity (Wildman–Crippen MR) is 237 cm³/mol. The van der Waals surface area contributed by atoms with Gasteiger partial charge in [0.2, 0.25) is 0 Å². The summed E-state index contributed by atoms with van der Waals surface area (Å²) in [5.41, 5.74) is 16.7. The van der Waals surface area contributed by atoms with Crippen LogP contribution in [0.1, 0.15) is 0 Å². The van der Waals surface area contributed by atoms with Crippen LogP contribution in [0.15, 0.2) is 218 Å². The molecular weight excluding hydrogens is 677 g/mol. The zero-order valence-corrected chi connectivity index (χ0v) is 30.7. The van der Waals surface area contributed by atoms with Gasteiger partial charge in [-0.2, -0.15) is 0 Å².